The van der Waals surface area contributed by atoms with Crippen LogP contribution in [0.5, 0.6) is 0 Å². The summed E-state index contributed by atoms with van der Waals surface area (Å²) in [6.07, 6.45) is 0. The van der Waals surface area contributed by atoms with E-state index >= 15 is 0 Å². The third-order valence-electron chi connectivity index (χ3n) is 7.76. The Kier molecular flexibility index (Phi) is 4.51. The monoisotopic (exact) mass is 527 g/mol. The molecule has 0 radical (unpaired) electrons. The normalized spacial score (nSPS) is 11.9. The van der Waals surface area contributed by atoms with Crippen LogP contribution in [0.15, 0.2) is 132 Å². The molecule has 0 unspecified atom stereocenters. The van der Waals surface area contributed by atoms with E-state index in [0.717, 1.165) is 72.4 Å². The van der Waals surface area contributed by atoms with Crippen LogP contribution >= 0.6 is 0 Å². The van der Waals surface area contributed by atoms with Crippen molar-refractivity contribution in [3.63, 3.8) is 0 Å². The van der Waals surface area contributed by atoms with E-state index < -0.39 is 0 Å². The van der Waals surface area contributed by atoms with Crippen LogP contribution in [-0.2, 0) is 0 Å². The zero-order valence-corrected chi connectivity index (χ0v) is 21.8. The van der Waals surface area contributed by atoms with Crippen molar-refractivity contribution < 1.29 is 4.42 Å². The number of fused-ring (bicyclic) bond motifs is 8. The molecule has 0 amide bonds. The maximum atomic E-state index is 6.15. The number of hydrogen-bond donors (Lipinski definition) is 0. The molecule has 0 atom stereocenters. The van der Waals surface area contributed by atoms with Crippen LogP contribution < -0.4 is 0 Å². The fourth-order valence-electron chi connectivity index (χ4n) is 5.91. The molecule has 0 N–H and O–H groups in total. The molecule has 0 aliphatic heterocycles. The van der Waals surface area contributed by atoms with E-state index in [2.05, 4.69) is 87.8 Å². The summed E-state index contributed by atoms with van der Waals surface area (Å²) in [6.45, 7) is 0. The van der Waals surface area contributed by atoms with Gasteiger partial charge in [-0.1, -0.05) is 84.9 Å². The van der Waals surface area contributed by atoms with Gasteiger partial charge in [-0.2, -0.15) is 4.98 Å². The molecule has 4 heterocycles. The van der Waals surface area contributed by atoms with E-state index in [0.29, 0.717) is 5.84 Å². The van der Waals surface area contributed by atoms with Gasteiger partial charge in [0.05, 0.1) is 27.8 Å². The molecule has 0 aliphatic rings. The lowest BCUT2D eigenvalue weighted by Crippen LogP contribution is -1.97. The zero-order valence-electron chi connectivity index (χ0n) is 21.8. The van der Waals surface area contributed by atoms with Crippen molar-refractivity contribution in [3.8, 4) is 28.3 Å². The number of para-hydroxylation sites is 6. The first-order valence-electron chi connectivity index (χ1n) is 13.6. The average molecular weight is 528 g/mol. The van der Waals surface area contributed by atoms with Crippen LogP contribution in [0.4, 0.5) is 0 Å². The molecule has 0 bridgehead atoms. The van der Waals surface area contributed by atoms with Crippen LogP contribution in [0.1, 0.15) is 0 Å². The van der Waals surface area contributed by atoms with Crippen LogP contribution in [-0.4, -0.2) is 23.9 Å². The van der Waals surface area contributed by atoms with Crippen molar-refractivity contribution in [2.24, 2.45) is 0 Å². The van der Waals surface area contributed by atoms with Gasteiger partial charge in [0.2, 0.25) is 0 Å². The average Bonchev–Trinajstić information content (AvgIpc) is 3.71. The number of hydrogen-bond acceptors (Lipinski definition) is 4. The van der Waals surface area contributed by atoms with E-state index in [4.69, 9.17) is 19.4 Å². The Hall–Kier alpha value is -5.75. The Balaban J connectivity index is 1.28. The summed E-state index contributed by atoms with van der Waals surface area (Å²) in [5.74, 6) is 1.46. The van der Waals surface area contributed by atoms with Gasteiger partial charge in [0.1, 0.15) is 16.9 Å². The molecule has 0 saturated heterocycles. The molecule has 9 rings (SSSR count). The topological polar surface area (TPSA) is 61.2 Å². The smallest absolute Gasteiger partial charge is 0.307 e. The fraction of sp³-hybridized carbons (Fsp3) is 0. The van der Waals surface area contributed by atoms with E-state index in [1.165, 1.54) is 0 Å². The molecule has 6 nitrogen and oxygen atoms in total. The molecular weight excluding hydrogens is 506 g/mol. The maximum Gasteiger partial charge on any atom is 0.307 e. The molecule has 0 spiro atoms. The molecule has 0 aliphatic carbocycles. The van der Waals surface area contributed by atoms with Crippen molar-refractivity contribution in [1.82, 2.24) is 23.9 Å². The van der Waals surface area contributed by atoms with Gasteiger partial charge in [-0.25, -0.2) is 9.97 Å². The highest BCUT2D eigenvalue weighted by atomic mass is 16.4. The third-order valence-corrected chi connectivity index (χ3v) is 7.76. The van der Waals surface area contributed by atoms with E-state index in [9.17, 15) is 0 Å². The molecule has 192 valence electrons. The summed E-state index contributed by atoms with van der Waals surface area (Å²) >= 11 is 0. The first-order chi connectivity index (χ1) is 20.3. The number of oxazole rings is 1. The second kappa shape index (κ2) is 8.37. The van der Waals surface area contributed by atoms with Gasteiger partial charge in [0, 0.05) is 22.2 Å². The van der Waals surface area contributed by atoms with Gasteiger partial charge in [-0.3, -0.25) is 8.97 Å². The summed E-state index contributed by atoms with van der Waals surface area (Å²) < 4.78 is 10.5. The van der Waals surface area contributed by atoms with Crippen molar-refractivity contribution >= 4 is 49.9 Å². The van der Waals surface area contributed by atoms with Crippen LogP contribution in [0.25, 0.3) is 78.2 Å². The predicted octanol–water partition coefficient (Wildman–Crippen LogP) is 8.45. The highest BCUT2D eigenvalue weighted by Gasteiger charge is 2.21. The standard InChI is InChI=1S/C35H21N5O/c1-2-10-24(11-3-1)39-28-15-7-6-14-27(28)37-34(39)23-20-18-22(19-21-23)31-33-32(25-12-4-5-13-26(25)36-31)38-35-40(33)29-16-8-9-17-30(29)41-35/h1-21H. The zero-order chi connectivity index (χ0) is 26.9. The molecule has 0 fully saturated rings. The fourth-order valence-corrected chi connectivity index (χ4v) is 5.91. The maximum absolute atomic E-state index is 6.15. The highest BCUT2D eigenvalue weighted by molar-refractivity contribution is 6.10. The van der Waals surface area contributed by atoms with Crippen LogP contribution in [0.3, 0.4) is 0 Å². The van der Waals surface area contributed by atoms with Gasteiger partial charge in [-0.15, -0.1) is 0 Å². The molecule has 5 aromatic carbocycles. The molecule has 6 heteroatoms. The molecule has 41 heavy (non-hydrogen) atoms. The van der Waals surface area contributed by atoms with E-state index in [1.54, 1.807) is 0 Å². The van der Waals surface area contributed by atoms with Crippen molar-refractivity contribution in [2.75, 3.05) is 0 Å². The van der Waals surface area contributed by atoms with Gasteiger partial charge in [0.15, 0.2) is 5.58 Å². The van der Waals surface area contributed by atoms with Crippen molar-refractivity contribution in [2.45, 2.75) is 0 Å². The minimum atomic E-state index is 0.564. The number of imidazole rings is 2. The second-order valence-electron chi connectivity index (χ2n) is 10.1. The van der Waals surface area contributed by atoms with E-state index in [-0.39, 0.29) is 0 Å². The molecular formula is C35H21N5O. The Labute approximate surface area is 233 Å². The van der Waals surface area contributed by atoms with Crippen LogP contribution in [0, 0.1) is 0 Å². The molecule has 4 aromatic heterocycles. The number of rotatable bonds is 3. The molecule has 9 aromatic rings. The van der Waals surface area contributed by atoms with Gasteiger partial charge in [-0.05, 0) is 42.5 Å². The van der Waals surface area contributed by atoms with Crippen molar-refractivity contribution in [1.29, 1.82) is 0 Å². The van der Waals surface area contributed by atoms with Crippen LogP contribution in [0.2, 0.25) is 0 Å². The number of nitrogens with zero attached hydrogens (tertiary/aromatic N) is 5. The van der Waals surface area contributed by atoms with Crippen molar-refractivity contribution in [3.05, 3.63) is 127 Å². The first-order valence-corrected chi connectivity index (χ1v) is 13.6. The highest BCUT2D eigenvalue weighted by Crippen LogP contribution is 2.37. The lowest BCUT2D eigenvalue weighted by Gasteiger charge is -2.11. The Morgan fingerprint density at radius 3 is 2.07 bits per heavy atom. The first kappa shape index (κ1) is 22.1. The minimum Gasteiger partial charge on any atom is -0.423 e. The second-order valence-corrected chi connectivity index (χ2v) is 10.1. The summed E-state index contributed by atoms with van der Waals surface area (Å²) in [6, 6.07) is 43.3. The van der Waals surface area contributed by atoms with Gasteiger partial charge in [0.25, 0.3) is 0 Å². The summed E-state index contributed by atoms with van der Waals surface area (Å²) in [5, 5.41) is 1.00. The Morgan fingerprint density at radius 2 is 1.22 bits per heavy atom. The third kappa shape index (κ3) is 3.22. The molecule has 0 saturated carbocycles. The summed E-state index contributed by atoms with van der Waals surface area (Å²) in [5.41, 5.74) is 10.5. The largest absolute Gasteiger partial charge is 0.423 e. The number of aromatic nitrogens is 5. The number of pyridine rings is 1. The van der Waals surface area contributed by atoms with Gasteiger partial charge < -0.3 is 4.42 Å². The SMILES string of the molecule is c1ccc(-n2c(-c3ccc(-c4nc5ccccc5c5nc6oc7ccccc7n6c45)cc3)nc3ccccc32)cc1. The number of benzene rings is 5. The lowest BCUT2D eigenvalue weighted by molar-refractivity contribution is 0.643. The summed E-state index contributed by atoms with van der Waals surface area (Å²) in [7, 11) is 0. The predicted molar refractivity (Wildman–Crippen MR) is 163 cm³/mol. The van der Waals surface area contributed by atoms with Gasteiger partial charge >= 0.3 is 5.84 Å². The Bertz CT molecular complexity index is 2410. The summed E-state index contributed by atoms with van der Waals surface area (Å²) in [4.78, 5) is 15.1. The Morgan fingerprint density at radius 1 is 0.537 bits per heavy atom. The lowest BCUT2D eigenvalue weighted by atomic mass is 10.0. The minimum absolute atomic E-state index is 0.564. The quantitative estimate of drug-likeness (QED) is 0.231. The van der Waals surface area contributed by atoms with E-state index in [1.807, 2.05) is 48.5 Å².